The SMILES string of the molecule is Cc1c2cc(N(C)c3ccccc3)ccc2c(-c2ccc(-c3ccccc3)cc2)c2cc(N(c3ccccc3)c3ccccc3)ccc12. The van der Waals surface area contributed by atoms with E-state index in [4.69, 9.17) is 0 Å². The van der Waals surface area contributed by atoms with Gasteiger partial charge in [-0.25, -0.2) is 0 Å². The highest BCUT2D eigenvalue weighted by molar-refractivity contribution is 6.16. The molecule has 0 aromatic heterocycles. The zero-order chi connectivity index (χ0) is 32.5. The number of anilines is 5. The van der Waals surface area contributed by atoms with Gasteiger partial charge in [0.25, 0.3) is 0 Å². The lowest BCUT2D eigenvalue weighted by Gasteiger charge is -2.27. The topological polar surface area (TPSA) is 6.48 Å². The summed E-state index contributed by atoms with van der Waals surface area (Å²) >= 11 is 0. The summed E-state index contributed by atoms with van der Waals surface area (Å²) in [5.41, 5.74) is 11.9. The van der Waals surface area contributed by atoms with Gasteiger partial charge < -0.3 is 9.80 Å². The molecule has 0 fully saturated rings. The molecule has 0 heterocycles. The molecule has 230 valence electrons. The molecule has 0 N–H and O–H groups in total. The van der Waals surface area contributed by atoms with Crippen LogP contribution in [0.15, 0.2) is 182 Å². The Balaban J connectivity index is 1.37. The number of nitrogens with zero attached hydrogens (tertiary/aromatic N) is 2. The first-order valence-electron chi connectivity index (χ1n) is 16.5. The molecule has 2 heteroatoms. The van der Waals surface area contributed by atoms with Crippen LogP contribution in [0.2, 0.25) is 0 Å². The quantitative estimate of drug-likeness (QED) is 0.164. The largest absolute Gasteiger partial charge is 0.345 e. The van der Waals surface area contributed by atoms with Crippen molar-refractivity contribution in [3.05, 3.63) is 188 Å². The van der Waals surface area contributed by atoms with E-state index in [0.29, 0.717) is 0 Å². The van der Waals surface area contributed by atoms with Gasteiger partial charge in [0.15, 0.2) is 0 Å². The molecule has 0 spiro atoms. The van der Waals surface area contributed by atoms with E-state index in [0.717, 1.165) is 22.7 Å². The van der Waals surface area contributed by atoms with Crippen LogP contribution in [0.1, 0.15) is 5.56 Å². The minimum atomic E-state index is 1.13. The highest BCUT2D eigenvalue weighted by atomic mass is 15.1. The first-order valence-corrected chi connectivity index (χ1v) is 16.5. The Kier molecular flexibility index (Phi) is 7.68. The molecular weight excluding hydrogens is 581 g/mol. The zero-order valence-electron chi connectivity index (χ0n) is 27.2. The predicted octanol–water partition coefficient (Wildman–Crippen LogP) is 12.9. The van der Waals surface area contributed by atoms with Crippen LogP contribution in [0.25, 0.3) is 43.8 Å². The standard InChI is InChI=1S/C46H36N2/c1-33-42-29-28-41(48(38-19-11-5-12-20-38)39-21-13-6-14-22-39)32-45(42)46(36-25-23-35(24-26-36)34-15-7-3-8-16-34)43-30-27-40(31-44(33)43)47(2)37-17-9-4-10-18-37/h3-32H,1-2H3. The summed E-state index contributed by atoms with van der Waals surface area (Å²) in [5, 5.41) is 5.02. The van der Waals surface area contributed by atoms with Gasteiger partial charge in [-0.05, 0) is 117 Å². The van der Waals surface area contributed by atoms with Crippen LogP contribution in [-0.4, -0.2) is 7.05 Å². The average molecular weight is 617 g/mol. The second-order valence-electron chi connectivity index (χ2n) is 12.3. The lowest BCUT2D eigenvalue weighted by molar-refractivity contribution is 1.21. The van der Waals surface area contributed by atoms with Crippen molar-refractivity contribution in [1.29, 1.82) is 0 Å². The van der Waals surface area contributed by atoms with Gasteiger partial charge >= 0.3 is 0 Å². The van der Waals surface area contributed by atoms with E-state index in [-0.39, 0.29) is 0 Å². The van der Waals surface area contributed by atoms with Crippen molar-refractivity contribution >= 4 is 50.0 Å². The molecule has 0 radical (unpaired) electrons. The molecule has 0 bridgehead atoms. The maximum absolute atomic E-state index is 2.38. The third kappa shape index (κ3) is 5.38. The fourth-order valence-corrected chi connectivity index (χ4v) is 6.94. The number of para-hydroxylation sites is 3. The summed E-state index contributed by atoms with van der Waals surface area (Å²) in [6, 6.07) is 65.4. The molecule has 0 aliphatic heterocycles. The van der Waals surface area contributed by atoms with Gasteiger partial charge in [-0.15, -0.1) is 0 Å². The summed E-state index contributed by atoms with van der Waals surface area (Å²) < 4.78 is 0. The van der Waals surface area contributed by atoms with Gasteiger partial charge in [-0.2, -0.15) is 0 Å². The van der Waals surface area contributed by atoms with E-state index in [1.54, 1.807) is 0 Å². The molecule has 8 aromatic rings. The van der Waals surface area contributed by atoms with Crippen molar-refractivity contribution in [2.75, 3.05) is 16.8 Å². The number of fused-ring (bicyclic) bond motifs is 2. The van der Waals surface area contributed by atoms with E-state index in [1.807, 2.05) is 0 Å². The van der Waals surface area contributed by atoms with Crippen LogP contribution >= 0.6 is 0 Å². The lowest BCUT2D eigenvalue weighted by Crippen LogP contribution is -2.10. The van der Waals surface area contributed by atoms with Crippen molar-refractivity contribution in [2.24, 2.45) is 0 Å². The maximum atomic E-state index is 2.38. The number of aryl methyl sites for hydroxylation is 1. The average Bonchev–Trinajstić information content (AvgIpc) is 3.16. The Labute approximate surface area is 282 Å². The van der Waals surface area contributed by atoms with E-state index in [2.05, 4.69) is 206 Å². The summed E-state index contributed by atoms with van der Waals surface area (Å²) in [4.78, 5) is 4.61. The van der Waals surface area contributed by atoms with Crippen molar-refractivity contribution in [3.8, 4) is 22.3 Å². The molecule has 0 amide bonds. The van der Waals surface area contributed by atoms with Crippen molar-refractivity contribution in [3.63, 3.8) is 0 Å². The summed E-state index contributed by atoms with van der Waals surface area (Å²) in [6.45, 7) is 2.27. The van der Waals surface area contributed by atoms with Gasteiger partial charge in [0.05, 0.1) is 0 Å². The summed E-state index contributed by atoms with van der Waals surface area (Å²) in [7, 11) is 2.14. The van der Waals surface area contributed by atoms with Crippen molar-refractivity contribution in [2.45, 2.75) is 6.92 Å². The normalized spacial score (nSPS) is 11.1. The van der Waals surface area contributed by atoms with E-state index < -0.39 is 0 Å². The van der Waals surface area contributed by atoms with Crippen LogP contribution in [0.5, 0.6) is 0 Å². The van der Waals surface area contributed by atoms with E-state index in [1.165, 1.54) is 55.0 Å². The van der Waals surface area contributed by atoms with Gasteiger partial charge in [0.1, 0.15) is 0 Å². The number of hydrogen-bond acceptors (Lipinski definition) is 2. The molecule has 0 aliphatic rings. The lowest BCUT2D eigenvalue weighted by atomic mass is 9.87. The Morgan fingerprint density at radius 2 is 0.792 bits per heavy atom. The fourth-order valence-electron chi connectivity index (χ4n) is 6.94. The second kappa shape index (κ2) is 12.6. The molecule has 8 rings (SSSR count). The molecular formula is C46H36N2. The molecule has 0 saturated carbocycles. The van der Waals surface area contributed by atoms with E-state index in [9.17, 15) is 0 Å². The predicted molar refractivity (Wildman–Crippen MR) is 206 cm³/mol. The Bertz CT molecular complexity index is 2290. The molecule has 48 heavy (non-hydrogen) atoms. The van der Waals surface area contributed by atoms with Crippen molar-refractivity contribution < 1.29 is 0 Å². The highest BCUT2D eigenvalue weighted by Crippen LogP contribution is 2.44. The third-order valence-corrected chi connectivity index (χ3v) is 9.45. The van der Waals surface area contributed by atoms with Crippen LogP contribution in [0, 0.1) is 6.92 Å². The Morgan fingerprint density at radius 3 is 1.40 bits per heavy atom. The summed E-state index contributed by atoms with van der Waals surface area (Å²) in [5.74, 6) is 0. The second-order valence-corrected chi connectivity index (χ2v) is 12.3. The minimum Gasteiger partial charge on any atom is -0.345 e. The molecule has 0 atom stereocenters. The molecule has 0 unspecified atom stereocenters. The summed E-state index contributed by atoms with van der Waals surface area (Å²) in [6.07, 6.45) is 0. The van der Waals surface area contributed by atoms with Gasteiger partial charge in [0, 0.05) is 35.5 Å². The van der Waals surface area contributed by atoms with Gasteiger partial charge in [0.2, 0.25) is 0 Å². The van der Waals surface area contributed by atoms with Gasteiger partial charge in [-0.1, -0.05) is 121 Å². The maximum Gasteiger partial charge on any atom is 0.0468 e. The Hall–Kier alpha value is -6.12. The van der Waals surface area contributed by atoms with Gasteiger partial charge in [-0.3, -0.25) is 0 Å². The van der Waals surface area contributed by atoms with Crippen LogP contribution in [0.4, 0.5) is 28.4 Å². The molecule has 8 aromatic carbocycles. The fraction of sp³-hybridized carbons (Fsp3) is 0.0435. The van der Waals surface area contributed by atoms with Crippen LogP contribution < -0.4 is 9.80 Å². The molecule has 2 nitrogen and oxygen atoms in total. The first-order chi connectivity index (χ1) is 23.7. The monoisotopic (exact) mass is 616 g/mol. The van der Waals surface area contributed by atoms with Crippen LogP contribution in [-0.2, 0) is 0 Å². The smallest absolute Gasteiger partial charge is 0.0468 e. The number of rotatable bonds is 7. The minimum absolute atomic E-state index is 1.13. The number of benzene rings is 8. The zero-order valence-corrected chi connectivity index (χ0v) is 27.2. The molecule has 0 aliphatic carbocycles. The highest BCUT2D eigenvalue weighted by Gasteiger charge is 2.19. The molecule has 0 saturated heterocycles. The third-order valence-electron chi connectivity index (χ3n) is 9.45. The Morgan fingerprint density at radius 1 is 0.333 bits per heavy atom. The van der Waals surface area contributed by atoms with Crippen LogP contribution in [0.3, 0.4) is 0 Å². The van der Waals surface area contributed by atoms with Crippen molar-refractivity contribution in [1.82, 2.24) is 0 Å². The number of hydrogen-bond donors (Lipinski definition) is 0. The van der Waals surface area contributed by atoms with E-state index >= 15 is 0 Å². The first kappa shape index (κ1) is 29.3.